The van der Waals surface area contributed by atoms with Gasteiger partial charge in [-0.2, -0.15) is 0 Å². The fourth-order valence-corrected chi connectivity index (χ4v) is 8.10. The van der Waals surface area contributed by atoms with Crippen LogP contribution < -0.4 is 4.72 Å². The molecule has 0 saturated carbocycles. The summed E-state index contributed by atoms with van der Waals surface area (Å²) < 4.78 is 53.9. The van der Waals surface area contributed by atoms with E-state index in [-0.39, 0.29) is 36.2 Å². The fraction of sp³-hybridized carbons (Fsp3) is 0.385. The number of benzene rings is 4. The Morgan fingerprint density at radius 1 is 0.816 bits per heavy atom. The Kier molecular flexibility index (Phi) is 10.3. The summed E-state index contributed by atoms with van der Waals surface area (Å²) in [6.07, 6.45) is 0.822. The normalized spacial score (nSPS) is 24.3. The van der Waals surface area contributed by atoms with Crippen LogP contribution >= 0.6 is 0 Å². The fourth-order valence-electron chi connectivity index (χ4n) is 7.08. The summed E-state index contributed by atoms with van der Waals surface area (Å²) >= 11 is 0. The molecule has 9 nitrogen and oxygen atoms in total. The van der Waals surface area contributed by atoms with Gasteiger partial charge in [-0.1, -0.05) is 97.9 Å². The lowest BCUT2D eigenvalue weighted by atomic mass is 9.89. The van der Waals surface area contributed by atoms with E-state index in [1.54, 1.807) is 30.3 Å². The molecule has 4 unspecified atom stereocenters. The van der Waals surface area contributed by atoms with Crippen molar-refractivity contribution >= 4 is 10.0 Å². The lowest BCUT2D eigenvalue weighted by Crippen LogP contribution is -2.50. The topological polar surface area (TPSA) is 107 Å². The number of sulfonamides is 1. The molecule has 3 aliphatic rings. The molecule has 1 spiro atoms. The molecule has 0 amide bonds. The maximum atomic E-state index is 12.9. The van der Waals surface area contributed by atoms with Crippen LogP contribution in [0.3, 0.4) is 0 Å². The Labute approximate surface area is 288 Å². The van der Waals surface area contributed by atoms with Gasteiger partial charge in [0.1, 0.15) is 0 Å². The number of nitrogens with one attached hydrogen (secondary N) is 1. The highest BCUT2D eigenvalue weighted by molar-refractivity contribution is 7.89. The predicted molar refractivity (Wildman–Crippen MR) is 186 cm³/mol. The first-order valence-corrected chi connectivity index (χ1v) is 18.5. The summed E-state index contributed by atoms with van der Waals surface area (Å²) in [4.78, 5) is 2.68. The molecule has 4 aromatic carbocycles. The van der Waals surface area contributed by atoms with Gasteiger partial charge in [0, 0.05) is 50.5 Å². The third kappa shape index (κ3) is 7.67. The van der Waals surface area contributed by atoms with E-state index in [1.165, 1.54) is 0 Å². The molecule has 258 valence electrons. The number of aliphatic hydroxyl groups is 1. The highest BCUT2D eigenvalue weighted by Crippen LogP contribution is 2.43. The van der Waals surface area contributed by atoms with Gasteiger partial charge < -0.3 is 29.0 Å². The zero-order valence-corrected chi connectivity index (χ0v) is 28.6. The molecule has 0 aromatic heterocycles. The number of hydrogen-bond acceptors (Lipinski definition) is 8. The van der Waals surface area contributed by atoms with Crippen molar-refractivity contribution in [1.29, 1.82) is 0 Å². The molecule has 3 saturated heterocycles. The van der Waals surface area contributed by atoms with E-state index < -0.39 is 22.1 Å². The number of likely N-dealkylation sites (tertiary alicyclic amines) is 1. The minimum absolute atomic E-state index is 0.00598. The van der Waals surface area contributed by atoms with Crippen LogP contribution in [0.1, 0.15) is 54.4 Å². The first-order valence-electron chi connectivity index (χ1n) is 17.1. The van der Waals surface area contributed by atoms with Gasteiger partial charge in [-0.3, -0.25) is 0 Å². The molecule has 3 fully saturated rings. The van der Waals surface area contributed by atoms with Crippen molar-refractivity contribution in [3.8, 4) is 11.1 Å². The average molecular weight is 685 g/mol. The van der Waals surface area contributed by atoms with Gasteiger partial charge in [-0.15, -0.1) is 0 Å². The van der Waals surface area contributed by atoms with Gasteiger partial charge in [0.2, 0.25) is 10.0 Å². The molecular weight excluding hydrogens is 641 g/mol. The molecule has 0 aliphatic carbocycles. The van der Waals surface area contributed by atoms with Crippen LogP contribution in [-0.2, 0) is 42.1 Å². The molecule has 0 bridgehead atoms. The quantitative estimate of drug-likeness (QED) is 0.211. The maximum Gasteiger partial charge on any atom is 0.240 e. The van der Waals surface area contributed by atoms with Crippen molar-refractivity contribution in [2.45, 2.75) is 62.1 Å². The largest absolute Gasteiger partial charge is 0.392 e. The molecule has 4 aromatic rings. The number of hydrogen-bond donors (Lipinski definition) is 2. The van der Waals surface area contributed by atoms with E-state index in [0.717, 1.165) is 65.9 Å². The second kappa shape index (κ2) is 14.8. The van der Waals surface area contributed by atoms with Crippen molar-refractivity contribution in [2.24, 2.45) is 5.92 Å². The predicted octanol–water partition coefficient (Wildman–Crippen LogP) is 5.95. The average Bonchev–Trinajstić information content (AvgIpc) is 3.61. The third-order valence-corrected chi connectivity index (χ3v) is 11.4. The standard InChI is InChI=1S/C39H44N2O7S/c1-28-36(26-41-21-19-39(20-22-41)45-23-24-46-39)47-38(48-37(28)31-13-11-29(27-42)12-14-31)32-17-15-30(16-18-32)35-10-6-5-7-33(35)25-40-49(43,44)34-8-3-2-4-9-34/h2-18,28,36-38,40,42H,19-27H2,1H3. The lowest BCUT2D eigenvalue weighted by Gasteiger charge is -2.44. The Morgan fingerprint density at radius 3 is 2.16 bits per heavy atom. The summed E-state index contributed by atoms with van der Waals surface area (Å²) in [7, 11) is -3.65. The SMILES string of the molecule is CC1C(CN2CCC3(CC2)OCCO3)OC(c2ccc(-c3ccccc3CNS(=O)(=O)c3ccccc3)cc2)OC1c1ccc(CO)cc1. The van der Waals surface area contributed by atoms with Crippen LogP contribution in [0, 0.1) is 5.92 Å². The van der Waals surface area contributed by atoms with Crippen molar-refractivity contribution in [3.63, 3.8) is 0 Å². The molecule has 3 heterocycles. The Morgan fingerprint density at radius 2 is 1.47 bits per heavy atom. The van der Waals surface area contributed by atoms with E-state index in [9.17, 15) is 13.5 Å². The zero-order chi connectivity index (χ0) is 33.8. The molecule has 49 heavy (non-hydrogen) atoms. The first kappa shape index (κ1) is 34.0. The number of nitrogens with zero attached hydrogens (tertiary/aromatic N) is 1. The summed E-state index contributed by atoms with van der Waals surface area (Å²) in [5.41, 5.74) is 5.60. The molecule has 0 radical (unpaired) electrons. The second-order valence-electron chi connectivity index (χ2n) is 13.1. The van der Waals surface area contributed by atoms with Gasteiger partial charge in [-0.25, -0.2) is 13.1 Å². The van der Waals surface area contributed by atoms with E-state index in [4.69, 9.17) is 18.9 Å². The minimum atomic E-state index is -3.65. The zero-order valence-electron chi connectivity index (χ0n) is 27.7. The van der Waals surface area contributed by atoms with Crippen LogP contribution in [0.25, 0.3) is 11.1 Å². The van der Waals surface area contributed by atoms with Crippen LogP contribution in [-0.4, -0.2) is 63.2 Å². The Balaban J connectivity index is 1.09. The molecular formula is C39H44N2O7S. The van der Waals surface area contributed by atoms with Crippen LogP contribution in [0.4, 0.5) is 0 Å². The number of rotatable bonds is 10. The van der Waals surface area contributed by atoms with Gasteiger partial charge in [0.25, 0.3) is 0 Å². The molecule has 4 atom stereocenters. The van der Waals surface area contributed by atoms with E-state index in [0.29, 0.717) is 13.2 Å². The molecule has 10 heteroatoms. The number of ether oxygens (including phenoxy) is 4. The summed E-state index contributed by atoms with van der Waals surface area (Å²) in [5.74, 6) is -0.345. The molecule has 2 N–H and O–H groups in total. The Bertz CT molecular complexity index is 1790. The van der Waals surface area contributed by atoms with Crippen molar-refractivity contribution < 1.29 is 32.5 Å². The van der Waals surface area contributed by atoms with E-state index >= 15 is 0 Å². The monoisotopic (exact) mass is 684 g/mol. The summed E-state index contributed by atoms with van der Waals surface area (Å²) in [5, 5.41) is 9.61. The smallest absolute Gasteiger partial charge is 0.240 e. The molecule has 3 aliphatic heterocycles. The van der Waals surface area contributed by atoms with Gasteiger partial charge in [0.05, 0.1) is 36.9 Å². The minimum Gasteiger partial charge on any atom is -0.392 e. The van der Waals surface area contributed by atoms with E-state index in [2.05, 4.69) is 16.5 Å². The van der Waals surface area contributed by atoms with Crippen LogP contribution in [0.15, 0.2) is 108 Å². The van der Waals surface area contributed by atoms with Crippen molar-refractivity contribution in [3.05, 3.63) is 125 Å². The van der Waals surface area contributed by atoms with Gasteiger partial charge in [-0.05, 0) is 39.9 Å². The molecule has 7 rings (SSSR count). The summed E-state index contributed by atoms with van der Waals surface area (Å²) in [6, 6.07) is 32.3. The third-order valence-electron chi connectivity index (χ3n) is 10.0. The number of aliphatic hydroxyl groups excluding tert-OH is 1. The van der Waals surface area contributed by atoms with Gasteiger partial charge in [0.15, 0.2) is 12.1 Å². The van der Waals surface area contributed by atoms with Crippen LogP contribution in [0.5, 0.6) is 0 Å². The maximum absolute atomic E-state index is 12.9. The second-order valence-corrected chi connectivity index (χ2v) is 14.9. The Hall–Kier alpha value is -3.45. The van der Waals surface area contributed by atoms with Crippen molar-refractivity contribution in [1.82, 2.24) is 9.62 Å². The highest BCUT2D eigenvalue weighted by Gasteiger charge is 2.43. The summed E-state index contributed by atoms with van der Waals surface area (Å²) in [6.45, 7) is 6.20. The first-order chi connectivity index (χ1) is 23.8. The van der Waals surface area contributed by atoms with Gasteiger partial charge >= 0.3 is 0 Å². The van der Waals surface area contributed by atoms with Crippen LogP contribution in [0.2, 0.25) is 0 Å². The lowest BCUT2D eigenvalue weighted by molar-refractivity contribution is -0.278. The van der Waals surface area contributed by atoms with E-state index in [1.807, 2.05) is 72.8 Å². The number of piperidine rings is 1. The van der Waals surface area contributed by atoms with Crippen molar-refractivity contribution in [2.75, 3.05) is 32.8 Å². The highest BCUT2D eigenvalue weighted by atomic mass is 32.2.